The summed E-state index contributed by atoms with van der Waals surface area (Å²) in [5.41, 5.74) is 7.69. The first-order valence-corrected chi connectivity index (χ1v) is 8.27. The van der Waals surface area contributed by atoms with Crippen LogP contribution in [0.25, 0.3) is 0 Å². The van der Waals surface area contributed by atoms with Gasteiger partial charge < -0.3 is 15.8 Å². The van der Waals surface area contributed by atoms with Crippen molar-refractivity contribution in [3.63, 3.8) is 0 Å². The molecule has 0 radical (unpaired) electrons. The van der Waals surface area contributed by atoms with Crippen LogP contribution in [-0.2, 0) is 9.53 Å². The van der Waals surface area contributed by atoms with Gasteiger partial charge in [-0.3, -0.25) is 4.79 Å². The molecular formula is C16H18N4O3S. The Balaban J connectivity index is 1.91. The average Bonchev–Trinajstić information content (AvgIpc) is 2.55. The van der Waals surface area contributed by atoms with Crippen LogP contribution < -0.4 is 11.1 Å². The summed E-state index contributed by atoms with van der Waals surface area (Å²) >= 11 is 1.13. The molecule has 0 aliphatic rings. The molecule has 0 saturated carbocycles. The van der Waals surface area contributed by atoms with Gasteiger partial charge in [0.05, 0.1) is 12.4 Å². The smallest absolute Gasteiger partial charge is 0.343 e. The van der Waals surface area contributed by atoms with Gasteiger partial charge in [-0.05, 0) is 26.0 Å². The zero-order chi connectivity index (χ0) is 17.5. The van der Waals surface area contributed by atoms with Gasteiger partial charge in [0.25, 0.3) is 0 Å². The number of ether oxygens (including phenoxy) is 1. The minimum atomic E-state index is -0.566. The third kappa shape index (κ3) is 4.95. The first kappa shape index (κ1) is 17.7. The monoisotopic (exact) mass is 346 g/mol. The van der Waals surface area contributed by atoms with Gasteiger partial charge in [-0.15, -0.1) is 0 Å². The molecule has 2 rings (SSSR count). The Labute approximate surface area is 144 Å². The Bertz CT molecular complexity index is 735. The van der Waals surface area contributed by atoms with E-state index in [0.717, 1.165) is 23.0 Å². The largest absolute Gasteiger partial charge is 0.462 e. The molecular weight excluding hydrogens is 328 g/mol. The first-order valence-electron chi connectivity index (χ1n) is 7.28. The van der Waals surface area contributed by atoms with Gasteiger partial charge >= 0.3 is 5.97 Å². The Hall–Kier alpha value is -2.61. The minimum absolute atomic E-state index is 0.0323. The molecule has 0 atom stereocenters. The SMILES string of the molecule is CCOC(=O)c1cnc(SCC(=O)Nc2ccc(C)cc2)nc1N. The van der Waals surface area contributed by atoms with Gasteiger partial charge in [0.1, 0.15) is 11.4 Å². The summed E-state index contributed by atoms with van der Waals surface area (Å²) in [7, 11) is 0. The van der Waals surface area contributed by atoms with Crippen LogP contribution in [0, 0.1) is 6.92 Å². The zero-order valence-corrected chi connectivity index (χ0v) is 14.2. The number of aromatic nitrogens is 2. The number of benzene rings is 1. The molecule has 3 N–H and O–H groups in total. The van der Waals surface area contributed by atoms with E-state index >= 15 is 0 Å². The molecule has 1 heterocycles. The Morgan fingerprint density at radius 2 is 2.00 bits per heavy atom. The number of anilines is 2. The standard InChI is InChI=1S/C16H18N4O3S/c1-3-23-15(22)12-8-18-16(20-14(12)17)24-9-13(21)19-11-6-4-10(2)5-7-11/h4-8H,3,9H2,1-2H3,(H,19,21)(H2,17,18,20). The number of carbonyl (C=O) groups is 2. The van der Waals surface area contributed by atoms with E-state index in [0.29, 0.717) is 5.16 Å². The molecule has 2 aromatic rings. The van der Waals surface area contributed by atoms with Crippen molar-refractivity contribution in [3.05, 3.63) is 41.6 Å². The van der Waals surface area contributed by atoms with Crippen molar-refractivity contribution in [1.82, 2.24) is 9.97 Å². The maximum atomic E-state index is 11.9. The maximum Gasteiger partial charge on any atom is 0.343 e. The van der Waals surface area contributed by atoms with E-state index in [2.05, 4.69) is 15.3 Å². The Kier molecular flexibility index (Phi) is 6.14. The summed E-state index contributed by atoms with van der Waals surface area (Å²) in [5.74, 6) is -0.583. The minimum Gasteiger partial charge on any atom is -0.462 e. The summed E-state index contributed by atoms with van der Waals surface area (Å²) in [4.78, 5) is 31.6. The van der Waals surface area contributed by atoms with Crippen molar-refractivity contribution in [2.45, 2.75) is 19.0 Å². The number of amides is 1. The fourth-order valence-corrected chi connectivity index (χ4v) is 2.40. The van der Waals surface area contributed by atoms with Gasteiger partial charge in [-0.2, -0.15) is 0 Å². The number of hydrogen-bond acceptors (Lipinski definition) is 7. The second-order valence-corrected chi connectivity index (χ2v) is 5.82. The topological polar surface area (TPSA) is 107 Å². The van der Waals surface area contributed by atoms with Gasteiger partial charge in [-0.1, -0.05) is 29.5 Å². The summed E-state index contributed by atoms with van der Waals surface area (Å²) in [6, 6.07) is 7.50. The highest BCUT2D eigenvalue weighted by atomic mass is 32.2. The second-order valence-electron chi connectivity index (χ2n) is 4.87. The fraction of sp³-hybridized carbons (Fsp3) is 0.250. The summed E-state index contributed by atoms with van der Waals surface area (Å²) in [5, 5.41) is 3.10. The summed E-state index contributed by atoms with van der Waals surface area (Å²) in [6.07, 6.45) is 1.31. The highest BCUT2D eigenvalue weighted by Gasteiger charge is 2.14. The molecule has 0 spiro atoms. The van der Waals surface area contributed by atoms with Crippen molar-refractivity contribution in [3.8, 4) is 0 Å². The molecule has 24 heavy (non-hydrogen) atoms. The Morgan fingerprint density at radius 3 is 2.62 bits per heavy atom. The van der Waals surface area contributed by atoms with E-state index in [1.165, 1.54) is 6.20 Å². The molecule has 8 heteroatoms. The van der Waals surface area contributed by atoms with Crippen LogP contribution in [0.15, 0.2) is 35.6 Å². The van der Waals surface area contributed by atoms with Crippen molar-refractivity contribution in [2.75, 3.05) is 23.4 Å². The number of hydrogen-bond donors (Lipinski definition) is 2. The quantitative estimate of drug-likeness (QED) is 0.469. The summed E-state index contributed by atoms with van der Waals surface area (Å²) in [6.45, 7) is 3.92. The van der Waals surface area contributed by atoms with Crippen LogP contribution in [0.3, 0.4) is 0 Å². The molecule has 1 aromatic carbocycles. The molecule has 0 saturated heterocycles. The van der Waals surface area contributed by atoms with E-state index in [1.807, 2.05) is 31.2 Å². The molecule has 1 aromatic heterocycles. The number of rotatable bonds is 6. The molecule has 1 amide bonds. The van der Waals surface area contributed by atoms with Gasteiger partial charge in [0.2, 0.25) is 5.91 Å². The second kappa shape index (κ2) is 8.30. The van der Waals surface area contributed by atoms with Crippen LogP contribution in [0.2, 0.25) is 0 Å². The fourth-order valence-electron chi connectivity index (χ4n) is 1.78. The Morgan fingerprint density at radius 1 is 1.29 bits per heavy atom. The highest BCUT2D eigenvalue weighted by Crippen LogP contribution is 2.17. The number of esters is 1. The van der Waals surface area contributed by atoms with Crippen LogP contribution in [-0.4, -0.2) is 34.2 Å². The van der Waals surface area contributed by atoms with Crippen LogP contribution >= 0.6 is 11.8 Å². The number of nitrogens with two attached hydrogens (primary N) is 1. The maximum absolute atomic E-state index is 11.9. The predicted molar refractivity (Wildman–Crippen MR) is 92.9 cm³/mol. The predicted octanol–water partition coefficient (Wildman–Crippen LogP) is 2.27. The van der Waals surface area contributed by atoms with Crippen molar-refractivity contribution in [1.29, 1.82) is 0 Å². The van der Waals surface area contributed by atoms with E-state index in [4.69, 9.17) is 10.5 Å². The van der Waals surface area contributed by atoms with Gasteiger partial charge in [0, 0.05) is 11.9 Å². The molecule has 7 nitrogen and oxygen atoms in total. The van der Waals surface area contributed by atoms with E-state index < -0.39 is 5.97 Å². The molecule has 0 aliphatic carbocycles. The van der Waals surface area contributed by atoms with Crippen molar-refractivity contribution >= 4 is 35.1 Å². The lowest BCUT2D eigenvalue weighted by molar-refractivity contribution is -0.113. The number of carbonyl (C=O) groups excluding carboxylic acids is 2. The van der Waals surface area contributed by atoms with Gasteiger partial charge in [0.15, 0.2) is 5.16 Å². The molecule has 0 fully saturated rings. The lowest BCUT2D eigenvalue weighted by Gasteiger charge is -2.07. The third-order valence-electron chi connectivity index (χ3n) is 2.96. The van der Waals surface area contributed by atoms with E-state index in [-0.39, 0.29) is 29.6 Å². The van der Waals surface area contributed by atoms with Gasteiger partial charge in [-0.25, -0.2) is 14.8 Å². The number of nitrogens with one attached hydrogen (secondary N) is 1. The average molecular weight is 346 g/mol. The molecule has 0 unspecified atom stereocenters. The molecule has 0 aliphatic heterocycles. The normalized spacial score (nSPS) is 10.2. The molecule has 0 bridgehead atoms. The highest BCUT2D eigenvalue weighted by molar-refractivity contribution is 7.99. The zero-order valence-electron chi connectivity index (χ0n) is 13.4. The van der Waals surface area contributed by atoms with Crippen molar-refractivity contribution < 1.29 is 14.3 Å². The van der Waals surface area contributed by atoms with Crippen LogP contribution in [0.1, 0.15) is 22.8 Å². The van der Waals surface area contributed by atoms with Crippen LogP contribution in [0.4, 0.5) is 11.5 Å². The summed E-state index contributed by atoms with van der Waals surface area (Å²) < 4.78 is 4.85. The lowest BCUT2D eigenvalue weighted by Crippen LogP contribution is -2.15. The number of thioether (sulfide) groups is 1. The molecule has 126 valence electrons. The lowest BCUT2D eigenvalue weighted by atomic mass is 10.2. The number of aryl methyl sites for hydroxylation is 1. The van der Waals surface area contributed by atoms with Crippen molar-refractivity contribution in [2.24, 2.45) is 0 Å². The van der Waals surface area contributed by atoms with Crippen LogP contribution in [0.5, 0.6) is 0 Å². The van der Waals surface area contributed by atoms with E-state index in [9.17, 15) is 9.59 Å². The van der Waals surface area contributed by atoms with E-state index in [1.54, 1.807) is 6.92 Å². The number of nitrogen functional groups attached to an aromatic ring is 1. The third-order valence-corrected chi connectivity index (χ3v) is 3.82. The number of nitrogens with zero attached hydrogens (tertiary/aromatic N) is 2. The first-order chi connectivity index (χ1) is 11.5.